The highest BCUT2D eigenvalue weighted by molar-refractivity contribution is 5.29. The maximum atomic E-state index is 6.12. The van der Waals surface area contributed by atoms with Crippen LogP contribution in [-0.4, -0.2) is 6.10 Å². The van der Waals surface area contributed by atoms with Crippen molar-refractivity contribution in [2.45, 2.75) is 64.9 Å². The van der Waals surface area contributed by atoms with Gasteiger partial charge in [0, 0.05) is 0 Å². The highest BCUT2D eigenvalue weighted by Gasteiger charge is 2.21. The van der Waals surface area contributed by atoms with Crippen LogP contribution >= 0.6 is 0 Å². The Morgan fingerprint density at radius 3 is 2.50 bits per heavy atom. The topological polar surface area (TPSA) is 9.23 Å². The third-order valence-electron chi connectivity index (χ3n) is 4.16. The van der Waals surface area contributed by atoms with Gasteiger partial charge in [-0.2, -0.15) is 0 Å². The largest absolute Gasteiger partial charge is 0.490 e. The zero-order valence-electron chi connectivity index (χ0n) is 12.0. The predicted octanol–water partition coefficient (Wildman–Crippen LogP) is 5.16. The molecule has 1 aliphatic carbocycles. The molecule has 100 valence electrons. The molecule has 1 heteroatoms. The minimum Gasteiger partial charge on any atom is -0.490 e. The molecule has 0 saturated heterocycles. The molecule has 0 aliphatic heterocycles. The van der Waals surface area contributed by atoms with Gasteiger partial charge < -0.3 is 4.74 Å². The molecule has 0 N–H and O–H groups in total. The predicted molar refractivity (Wildman–Crippen MR) is 77.2 cm³/mol. The molecule has 0 radical (unpaired) electrons. The molecular formula is C17H26O. The van der Waals surface area contributed by atoms with Crippen LogP contribution in [0.25, 0.3) is 0 Å². The second kappa shape index (κ2) is 6.26. The zero-order chi connectivity index (χ0) is 13.0. The summed E-state index contributed by atoms with van der Waals surface area (Å²) in [7, 11) is 0. The lowest BCUT2D eigenvalue weighted by atomic mass is 9.85. The monoisotopic (exact) mass is 246 g/mol. The van der Waals surface area contributed by atoms with Crippen molar-refractivity contribution < 1.29 is 4.74 Å². The van der Waals surface area contributed by atoms with Crippen LogP contribution in [0.3, 0.4) is 0 Å². The molecule has 1 saturated carbocycles. The highest BCUT2D eigenvalue weighted by Crippen LogP contribution is 2.30. The van der Waals surface area contributed by atoms with E-state index >= 15 is 0 Å². The van der Waals surface area contributed by atoms with Gasteiger partial charge in [-0.05, 0) is 48.8 Å². The van der Waals surface area contributed by atoms with Crippen molar-refractivity contribution in [3.8, 4) is 5.75 Å². The summed E-state index contributed by atoms with van der Waals surface area (Å²) in [6.45, 7) is 6.75. The fourth-order valence-electron chi connectivity index (χ4n) is 2.84. The first-order chi connectivity index (χ1) is 8.69. The summed E-state index contributed by atoms with van der Waals surface area (Å²) in [4.78, 5) is 0. The van der Waals surface area contributed by atoms with E-state index in [1.807, 2.05) is 0 Å². The minimum atomic E-state index is 0.439. The summed E-state index contributed by atoms with van der Waals surface area (Å²) in [6.07, 6.45) is 6.92. The SMILES string of the molecule is CCC1CCCC(Oc2ccc(C(C)C)cc2)C1. The normalized spacial score (nSPS) is 24.2. The molecule has 0 spiro atoms. The first-order valence-electron chi connectivity index (χ1n) is 7.45. The van der Waals surface area contributed by atoms with Crippen molar-refractivity contribution in [3.05, 3.63) is 29.8 Å². The van der Waals surface area contributed by atoms with Crippen LogP contribution in [0.5, 0.6) is 5.75 Å². The van der Waals surface area contributed by atoms with Crippen molar-refractivity contribution in [1.29, 1.82) is 0 Å². The van der Waals surface area contributed by atoms with Crippen molar-refractivity contribution in [2.24, 2.45) is 5.92 Å². The van der Waals surface area contributed by atoms with E-state index in [2.05, 4.69) is 45.0 Å². The second-order valence-electron chi connectivity index (χ2n) is 5.90. The van der Waals surface area contributed by atoms with E-state index in [1.165, 1.54) is 37.7 Å². The Bertz CT molecular complexity index is 352. The lowest BCUT2D eigenvalue weighted by Crippen LogP contribution is -2.25. The summed E-state index contributed by atoms with van der Waals surface area (Å²) in [5.74, 6) is 2.51. The number of hydrogen-bond acceptors (Lipinski definition) is 1. The molecule has 2 rings (SSSR count). The average Bonchev–Trinajstić information content (AvgIpc) is 2.39. The highest BCUT2D eigenvalue weighted by atomic mass is 16.5. The molecule has 1 aromatic rings. The Balaban J connectivity index is 1.92. The van der Waals surface area contributed by atoms with E-state index in [0.717, 1.165) is 11.7 Å². The fourth-order valence-corrected chi connectivity index (χ4v) is 2.84. The first-order valence-corrected chi connectivity index (χ1v) is 7.45. The second-order valence-corrected chi connectivity index (χ2v) is 5.90. The Morgan fingerprint density at radius 2 is 1.89 bits per heavy atom. The van der Waals surface area contributed by atoms with E-state index in [4.69, 9.17) is 4.74 Å². The zero-order valence-corrected chi connectivity index (χ0v) is 12.0. The molecule has 0 aromatic heterocycles. The molecule has 18 heavy (non-hydrogen) atoms. The van der Waals surface area contributed by atoms with Crippen molar-refractivity contribution in [1.82, 2.24) is 0 Å². The number of benzene rings is 1. The smallest absolute Gasteiger partial charge is 0.119 e. The lowest BCUT2D eigenvalue weighted by molar-refractivity contribution is 0.122. The molecular weight excluding hydrogens is 220 g/mol. The van der Waals surface area contributed by atoms with Crippen LogP contribution in [0.1, 0.15) is 64.4 Å². The Hall–Kier alpha value is -0.980. The first kappa shape index (κ1) is 13.5. The van der Waals surface area contributed by atoms with E-state index in [0.29, 0.717) is 12.0 Å². The van der Waals surface area contributed by atoms with Crippen LogP contribution in [0.4, 0.5) is 0 Å². The maximum absolute atomic E-state index is 6.12. The van der Waals surface area contributed by atoms with Crippen LogP contribution in [0, 0.1) is 5.92 Å². The van der Waals surface area contributed by atoms with Gasteiger partial charge in [-0.1, -0.05) is 45.7 Å². The van der Waals surface area contributed by atoms with Crippen molar-refractivity contribution >= 4 is 0 Å². The van der Waals surface area contributed by atoms with Gasteiger partial charge in [-0.3, -0.25) is 0 Å². The molecule has 0 amide bonds. The number of rotatable bonds is 4. The van der Waals surface area contributed by atoms with Gasteiger partial charge in [0.2, 0.25) is 0 Å². The Morgan fingerprint density at radius 1 is 1.17 bits per heavy atom. The van der Waals surface area contributed by atoms with Crippen LogP contribution < -0.4 is 4.74 Å². The number of hydrogen-bond donors (Lipinski definition) is 0. The molecule has 1 aromatic carbocycles. The summed E-state index contributed by atoms with van der Waals surface area (Å²) in [5.41, 5.74) is 1.39. The number of ether oxygens (including phenoxy) is 1. The van der Waals surface area contributed by atoms with Gasteiger partial charge in [0.25, 0.3) is 0 Å². The molecule has 1 aliphatic rings. The summed E-state index contributed by atoms with van der Waals surface area (Å²) in [5, 5.41) is 0. The average molecular weight is 246 g/mol. The van der Waals surface area contributed by atoms with Crippen LogP contribution in [-0.2, 0) is 0 Å². The van der Waals surface area contributed by atoms with E-state index in [9.17, 15) is 0 Å². The fraction of sp³-hybridized carbons (Fsp3) is 0.647. The molecule has 2 unspecified atom stereocenters. The molecule has 1 nitrogen and oxygen atoms in total. The van der Waals surface area contributed by atoms with Crippen LogP contribution in [0.15, 0.2) is 24.3 Å². The van der Waals surface area contributed by atoms with Crippen molar-refractivity contribution in [3.63, 3.8) is 0 Å². The van der Waals surface area contributed by atoms with Gasteiger partial charge >= 0.3 is 0 Å². The molecule has 0 heterocycles. The van der Waals surface area contributed by atoms with Gasteiger partial charge in [-0.15, -0.1) is 0 Å². The van der Waals surface area contributed by atoms with Gasteiger partial charge in [-0.25, -0.2) is 0 Å². The third kappa shape index (κ3) is 3.51. The minimum absolute atomic E-state index is 0.439. The van der Waals surface area contributed by atoms with Gasteiger partial charge in [0.1, 0.15) is 5.75 Å². The van der Waals surface area contributed by atoms with E-state index in [1.54, 1.807) is 0 Å². The van der Waals surface area contributed by atoms with Crippen molar-refractivity contribution in [2.75, 3.05) is 0 Å². The summed E-state index contributed by atoms with van der Waals surface area (Å²) in [6, 6.07) is 8.65. The third-order valence-corrected chi connectivity index (χ3v) is 4.16. The molecule has 2 atom stereocenters. The van der Waals surface area contributed by atoms with E-state index < -0.39 is 0 Å². The quantitative estimate of drug-likeness (QED) is 0.713. The molecule has 1 fully saturated rings. The summed E-state index contributed by atoms with van der Waals surface area (Å²) < 4.78 is 6.12. The summed E-state index contributed by atoms with van der Waals surface area (Å²) >= 11 is 0. The Kier molecular flexibility index (Phi) is 4.68. The lowest BCUT2D eigenvalue weighted by Gasteiger charge is -2.29. The maximum Gasteiger partial charge on any atom is 0.119 e. The van der Waals surface area contributed by atoms with E-state index in [-0.39, 0.29) is 0 Å². The van der Waals surface area contributed by atoms with Gasteiger partial charge in [0.15, 0.2) is 0 Å². The standard InChI is InChI=1S/C17H26O/c1-4-14-6-5-7-17(12-14)18-16-10-8-15(9-11-16)13(2)3/h8-11,13-14,17H,4-7,12H2,1-3H3. The van der Waals surface area contributed by atoms with Gasteiger partial charge in [0.05, 0.1) is 6.10 Å². The van der Waals surface area contributed by atoms with Crippen LogP contribution in [0.2, 0.25) is 0 Å². The Labute approximate surface area is 112 Å². The molecule has 0 bridgehead atoms.